The molecule has 3 heterocycles. The van der Waals surface area contributed by atoms with Crippen LogP contribution in [0.1, 0.15) is 42.2 Å². The van der Waals surface area contributed by atoms with Gasteiger partial charge in [0, 0.05) is 26.2 Å². The van der Waals surface area contributed by atoms with Crippen molar-refractivity contribution in [2.75, 3.05) is 33.2 Å². The van der Waals surface area contributed by atoms with Crippen molar-refractivity contribution >= 4 is 12.4 Å². The molecule has 0 radical (unpaired) electrons. The lowest BCUT2D eigenvalue weighted by molar-refractivity contribution is 0.187. The third-order valence-corrected chi connectivity index (χ3v) is 5.14. The molecule has 6 nitrogen and oxygen atoms in total. The number of likely N-dealkylation sites (N-methyl/N-ethyl adjacent to an activating group) is 1. The molecule has 0 amide bonds. The fraction of sp³-hybridized carbons (Fsp3) is 0.556. The van der Waals surface area contributed by atoms with Crippen LogP contribution in [0.3, 0.4) is 0 Å². The second kappa shape index (κ2) is 8.27. The lowest BCUT2D eigenvalue weighted by atomic mass is 10.1. The van der Waals surface area contributed by atoms with Crippen molar-refractivity contribution in [2.45, 2.75) is 31.5 Å². The Morgan fingerprint density at radius 2 is 2.04 bits per heavy atom. The van der Waals surface area contributed by atoms with E-state index in [4.69, 9.17) is 9.51 Å². The maximum atomic E-state index is 5.66. The topological polar surface area (TPSA) is 57.4 Å². The number of hydrogen-bond acceptors (Lipinski definition) is 6. The zero-order valence-corrected chi connectivity index (χ0v) is 15.4. The minimum absolute atomic E-state index is 0. The molecule has 0 saturated carbocycles. The van der Waals surface area contributed by atoms with Crippen LogP contribution in [0.4, 0.5) is 0 Å². The molecule has 2 saturated heterocycles. The SMILES string of the molecule is CN1CCNCC1c1noc(C2CCCN2Cc2ccccc2)n1.Cl. The average Bonchev–Trinajstić information content (AvgIpc) is 3.25. The Bertz CT molecular complexity index is 664. The molecule has 0 spiro atoms. The van der Waals surface area contributed by atoms with Gasteiger partial charge in [-0.3, -0.25) is 9.80 Å². The number of nitrogens with one attached hydrogen (secondary N) is 1. The number of hydrogen-bond donors (Lipinski definition) is 1. The summed E-state index contributed by atoms with van der Waals surface area (Å²) in [4.78, 5) is 9.50. The maximum absolute atomic E-state index is 5.66. The number of rotatable bonds is 4. The van der Waals surface area contributed by atoms with Crippen LogP contribution in [0.5, 0.6) is 0 Å². The van der Waals surface area contributed by atoms with Crippen molar-refractivity contribution in [3.63, 3.8) is 0 Å². The van der Waals surface area contributed by atoms with Crippen LogP contribution in [0.2, 0.25) is 0 Å². The van der Waals surface area contributed by atoms with E-state index in [0.29, 0.717) is 0 Å². The molecule has 136 valence electrons. The smallest absolute Gasteiger partial charge is 0.244 e. The van der Waals surface area contributed by atoms with E-state index in [1.165, 1.54) is 12.0 Å². The molecule has 2 aliphatic rings. The van der Waals surface area contributed by atoms with Crippen molar-refractivity contribution < 1.29 is 4.52 Å². The Hall–Kier alpha value is -1.47. The lowest BCUT2D eigenvalue weighted by Crippen LogP contribution is -2.44. The van der Waals surface area contributed by atoms with Gasteiger partial charge in [-0.1, -0.05) is 35.5 Å². The first-order valence-electron chi connectivity index (χ1n) is 8.84. The van der Waals surface area contributed by atoms with E-state index in [-0.39, 0.29) is 24.5 Å². The molecule has 2 unspecified atom stereocenters. The lowest BCUT2D eigenvalue weighted by Gasteiger charge is -2.30. The van der Waals surface area contributed by atoms with E-state index >= 15 is 0 Å². The number of aromatic nitrogens is 2. The van der Waals surface area contributed by atoms with Crippen molar-refractivity contribution in [2.24, 2.45) is 0 Å². The van der Waals surface area contributed by atoms with Crippen LogP contribution in [0.25, 0.3) is 0 Å². The van der Waals surface area contributed by atoms with Crippen molar-refractivity contribution in [1.29, 1.82) is 0 Å². The summed E-state index contributed by atoms with van der Waals surface area (Å²) in [5.41, 5.74) is 1.33. The van der Waals surface area contributed by atoms with Gasteiger partial charge in [0.2, 0.25) is 5.89 Å². The summed E-state index contributed by atoms with van der Waals surface area (Å²) in [7, 11) is 2.12. The Labute approximate surface area is 155 Å². The van der Waals surface area contributed by atoms with Crippen LogP contribution in [0, 0.1) is 0 Å². The van der Waals surface area contributed by atoms with Crippen LogP contribution >= 0.6 is 12.4 Å². The standard InChI is InChI=1S/C18H25N5O.ClH/c1-22-11-9-19-12-16(22)17-20-18(24-21-17)15-8-5-10-23(15)13-14-6-3-2-4-7-14;/h2-4,6-7,15-16,19H,5,8-13H2,1H3;1H. The second-order valence-electron chi connectivity index (χ2n) is 6.81. The molecule has 2 fully saturated rings. The van der Waals surface area contributed by atoms with Crippen molar-refractivity contribution in [3.05, 3.63) is 47.6 Å². The summed E-state index contributed by atoms with van der Waals surface area (Å²) in [6.07, 6.45) is 2.27. The summed E-state index contributed by atoms with van der Waals surface area (Å²) >= 11 is 0. The van der Waals surface area contributed by atoms with Gasteiger partial charge < -0.3 is 9.84 Å². The minimum atomic E-state index is 0. The molecular weight excluding hydrogens is 338 g/mol. The van der Waals surface area contributed by atoms with E-state index in [2.05, 4.69) is 57.7 Å². The van der Waals surface area contributed by atoms with Gasteiger partial charge >= 0.3 is 0 Å². The predicted octanol–water partition coefficient (Wildman–Crippen LogP) is 2.40. The summed E-state index contributed by atoms with van der Waals surface area (Å²) in [5, 5.41) is 7.69. The maximum Gasteiger partial charge on any atom is 0.244 e. The number of benzene rings is 1. The van der Waals surface area contributed by atoms with Crippen LogP contribution in [0.15, 0.2) is 34.9 Å². The third-order valence-electron chi connectivity index (χ3n) is 5.14. The van der Waals surface area contributed by atoms with Crippen LogP contribution < -0.4 is 5.32 Å². The number of halogens is 1. The Kier molecular flexibility index (Phi) is 6.06. The van der Waals surface area contributed by atoms with E-state index in [9.17, 15) is 0 Å². The van der Waals surface area contributed by atoms with Gasteiger partial charge in [0.1, 0.15) is 0 Å². The van der Waals surface area contributed by atoms with Crippen LogP contribution in [-0.2, 0) is 6.54 Å². The summed E-state index contributed by atoms with van der Waals surface area (Å²) in [6, 6.07) is 11.1. The quantitative estimate of drug-likeness (QED) is 0.900. The first kappa shape index (κ1) is 18.3. The van der Waals surface area contributed by atoms with E-state index in [1.54, 1.807) is 0 Å². The highest BCUT2D eigenvalue weighted by Crippen LogP contribution is 2.33. The van der Waals surface area contributed by atoms with Crippen LogP contribution in [-0.4, -0.2) is 53.2 Å². The van der Waals surface area contributed by atoms with Gasteiger partial charge in [0.25, 0.3) is 0 Å². The summed E-state index contributed by atoms with van der Waals surface area (Å²) in [6.45, 7) is 4.94. The molecule has 1 aromatic carbocycles. The highest BCUT2D eigenvalue weighted by molar-refractivity contribution is 5.85. The third kappa shape index (κ3) is 4.03. The molecule has 2 aromatic rings. The summed E-state index contributed by atoms with van der Waals surface area (Å²) in [5.74, 6) is 1.59. The molecule has 2 atom stereocenters. The molecule has 2 aliphatic heterocycles. The number of nitrogens with zero attached hydrogens (tertiary/aromatic N) is 4. The highest BCUT2D eigenvalue weighted by atomic mass is 35.5. The number of likely N-dealkylation sites (tertiary alicyclic amines) is 1. The molecule has 0 bridgehead atoms. The Balaban J connectivity index is 0.00000182. The van der Waals surface area contributed by atoms with E-state index in [1.807, 2.05) is 0 Å². The average molecular weight is 364 g/mol. The molecule has 4 rings (SSSR count). The van der Waals surface area contributed by atoms with Gasteiger partial charge in [-0.15, -0.1) is 12.4 Å². The largest absolute Gasteiger partial charge is 0.338 e. The summed E-state index contributed by atoms with van der Waals surface area (Å²) < 4.78 is 5.66. The monoisotopic (exact) mass is 363 g/mol. The van der Waals surface area contributed by atoms with Gasteiger partial charge in [-0.05, 0) is 32.0 Å². The number of piperazine rings is 1. The Morgan fingerprint density at radius 3 is 2.84 bits per heavy atom. The molecule has 25 heavy (non-hydrogen) atoms. The van der Waals surface area contributed by atoms with Crippen molar-refractivity contribution in [3.8, 4) is 0 Å². The minimum Gasteiger partial charge on any atom is -0.338 e. The van der Waals surface area contributed by atoms with Gasteiger partial charge in [0.15, 0.2) is 5.82 Å². The normalized spacial score (nSPS) is 25.0. The molecule has 0 aliphatic carbocycles. The van der Waals surface area contributed by atoms with E-state index < -0.39 is 0 Å². The first-order chi connectivity index (χ1) is 11.8. The fourth-order valence-corrected chi connectivity index (χ4v) is 3.73. The second-order valence-corrected chi connectivity index (χ2v) is 6.81. The molecular formula is C18H26ClN5O. The fourth-order valence-electron chi connectivity index (χ4n) is 3.73. The van der Waals surface area contributed by atoms with Gasteiger partial charge in [-0.2, -0.15) is 4.98 Å². The zero-order chi connectivity index (χ0) is 16.4. The van der Waals surface area contributed by atoms with Gasteiger partial charge in [-0.25, -0.2) is 0 Å². The van der Waals surface area contributed by atoms with Crippen molar-refractivity contribution in [1.82, 2.24) is 25.3 Å². The first-order valence-corrected chi connectivity index (χ1v) is 8.84. The predicted molar refractivity (Wildman–Crippen MR) is 98.6 cm³/mol. The zero-order valence-electron chi connectivity index (χ0n) is 14.6. The molecule has 1 aromatic heterocycles. The molecule has 1 N–H and O–H groups in total. The van der Waals surface area contributed by atoms with Gasteiger partial charge in [0.05, 0.1) is 12.1 Å². The molecule has 7 heteroatoms. The Morgan fingerprint density at radius 1 is 1.20 bits per heavy atom. The highest BCUT2D eigenvalue weighted by Gasteiger charge is 2.32. The van der Waals surface area contributed by atoms with E-state index in [0.717, 1.165) is 50.9 Å².